The molecular formula is C11H17BrN2OS. The molecule has 0 spiro atoms. The van der Waals surface area contributed by atoms with Crippen molar-refractivity contribution < 1.29 is 5.11 Å². The second-order valence-corrected chi connectivity index (χ2v) is 5.45. The summed E-state index contributed by atoms with van der Waals surface area (Å²) < 4.78 is 0.985. The lowest BCUT2D eigenvalue weighted by atomic mass is 10.2. The van der Waals surface area contributed by atoms with Gasteiger partial charge in [0.25, 0.3) is 0 Å². The third-order valence-electron chi connectivity index (χ3n) is 2.23. The molecular weight excluding hydrogens is 288 g/mol. The van der Waals surface area contributed by atoms with E-state index in [4.69, 9.17) is 5.11 Å². The zero-order chi connectivity index (χ0) is 12.0. The van der Waals surface area contributed by atoms with Crippen LogP contribution in [-0.2, 0) is 0 Å². The highest BCUT2D eigenvalue weighted by Crippen LogP contribution is 2.18. The molecule has 0 unspecified atom stereocenters. The Kier molecular flexibility index (Phi) is 6.16. The molecule has 0 bridgehead atoms. The van der Waals surface area contributed by atoms with Crippen LogP contribution in [0.4, 0.5) is 5.82 Å². The van der Waals surface area contributed by atoms with Crippen LogP contribution in [-0.4, -0.2) is 34.7 Å². The number of halogens is 1. The summed E-state index contributed by atoms with van der Waals surface area (Å²) in [5.41, 5.74) is 1.11. The van der Waals surface area contributed by atoms with Crippen LogP contribution in [0.2, 0.25) is 0 Å². The molecule has 90 valence electrons. The van der Waals surface area contributed by atoms with Crippen molar-refractivity contribution in [1.29, 1.82) is 0 Å². The van der Waals surface area contributed by atoms with E-state index >= 15 is 0 Å². The highest BCUT2D eigenvalue weighted by Gasteiger charge is 2.09. The van der Waals surface area contributed by atoms with Crippen LogP contribution in [0.1, 0.15) is 12.0 Å². The van der Waals surface area contributed by atoms with E-state index in [9.17, 15) is 0 Å². The van der Waals surface area contributed by atoms with Crippen molar-refractivity contribution in [2.75, 3.05) is 23.9 Å². The first kappa shape index (κ1) is 13.8. The molecule has 0 aliphatic heterocycles. The van der Waals surface area contributed by atoms with E-state index in [-0.39, 0.29) is 12.6 Å². The third kappa shape index (κ3) is 4.31. The Morgan fingerprint density at radius 1 is 1.62 bits per heavy atom. The van der Waals surface area contributed by atoms with Gasteiger partial charge in [0.05, 0.1) is 0 Å². The zero-order valence-electron chi connectivity index (χ0n) is 9.53. The second kappa shape index (κ2) is 7.14. The molecule has 0 fully saturated rings. The molecule has 2 N–H and O–H groups in total. The number of thioether (sulfide) groups is 1. The number of aromatic nitrogens is 1. The minimum absolute atomic E-state index is 0.202. The number of pyridine rings is 1. The van der Waals surface area contributed by atoms with Crippen LogP contribution in [0, 0.1) is 6.92 Å². The molecule has 1 atom stereocenters. The largest absolute Gasteiger partial charge is 0.396 e. The SMILES string of the molecule is CSC[C@H](CCO)Nc1ncc(Br)cc1C. The highest BCUT2D eigenvalue weighted by molar-refractivity contribution is 9.10. The number of aryl methyl sites for hydroxylation is 1. The van der Waals surface area contributed by atoms with E-state index in [0.29, 0.717) is 0 Å². The van der Waals surface area contributed by atoms with E-state index in [2.05, 4.69) is 32.5 Å². The molecule has 0 aliphatic rings. The second-order valence-electron chi connectivity index (χ2n) is 3.63. The van der Waals surface area contributed by atoms with Gasteiger partial charge in [0.1, 0.15) is 5.82 Å². The number of anilines is 1. The summed E-state index contributed by atoms with van der Waals surface area (Å²) in [5.74, 6) is 1.87. The summed E-state index contributed by atoms with van der Waals surface area (Å²) in [6.07, 6.45) is 4.59. The molecule has 16 heavy (non-hydrogen) atoms. The maximum Gasteiger partial charge on any atom is 0.129 e. The third-order valence-corrected chi connectivity index (χ3v) is 3.40. The molecule has 0 saturated heterocycles. The maximum atomic E-state index is 8.98. The van der Waals surface area contributed by atoms with Gasteiger partial charge in [0.15, 0.2) is 0 Å². The van der Waals surface area contributed by atoms with Gasteiger partial charge in [-0.1, -0.05) is 0 Å². The lowest BCUT2D eigenvalue weighted by Gasteiger charge is -2.18. The number of hydrogen-bond acceptors (Lipinski definition) is 4. The highest BCUT2D eigenvalue weighted by atomic mass is 79.9. The van der Waals surface area contributed by atoms with Crippen molar-refractivity contribution in [2.24, 2.45) is 0 Å². The minimum Gasteiger partial charge on any atom is -0.396 e. The minimum atomic E-state index is 0.202. The van der Waals surface area contributed by atoms with Crippen LogP contribution in [0.3, 0.4) is 0 Å². The average molecular weight is 305 g/mol. The van der Waals surface area contributed by atoms with Crippen LogP contribution < -0.4 is 5.32 Å². The summed E-state index contributed by atoms with van der Waals surface area (Å²) in [4.78, 5) is 4.33. The molecule has 1 heterocycles. The van der Waals surface area contributed by atoms with Gasteiger partial charge >= 0.3 is 0 Å². The molecule has 0 radical (unpaired) electrons. The van der Waals surface area contributed by atoms with Crippen LogP contribution in [0.5, 0.6) is 0 Å². The van der Waals surface area contributed by atoms with Crippen molar-refractivity contribution in [3.63, 3.8) is 0 Å². The van der Waals surface area contributed by atoms with Crippen molar-refractivity contribution in [2.45, 2.75) is 19.4 Å². The molecule has 5 heteroatoms. The Hall–Kier alpha value is -0.260. The van der Waals surface area contributed by atoms with Gasteiger partial charge in [-0.3, -0.25) is 0 Å². The van der Waals surface area contributed by atoms with Crippen molar-refractivity contribution in [3.05, 3.63) is 22.3 Å². The number of aliphatic hydroxyl groups is 1. The van der Waals surface area contributed by atoms with E-state index in [1.165, 1.54) is 0 Å². The average Bonchev–Trinajstić information content (AvgIpc) is 2.23. The lowest BCUT2D eigenvalue weighted by molar-refractivity contribution is 0.282. The van der Waals surface area contributed by atoms with Crippen LogP contribution >= 0.6 is 27.7 Å². The van der Waals surface area contributed by atoms with Crippen molar-refractivity contribution in [3.8, 4) is 0 Å². The Labute approximate surface area is 109 Å². The van der Waals surface area contributed by atoms with Crippen molar-refractivity contribution in [1.82, 2.24) is 4.98 Å². The molecule has 1 aromatic rings. The maximum absolute atomic E-state index is 8.98. The summed E-state index contributed by atoms with van der Waals surface area (Å²) in [5, 5.41) is 12.3. The lowest BCUT2D eigenvalue weighted by Crippen LogP contribution is -2.24. The predicted molar refractivity (Wildman–Crippen MR) is 74.2 cm³/mol. The van der Waals surface area contributed by atoms with E-state index in [1.807, 2.05) is 13.0 Å². The molecule has 0 aliphatic carbocycles. The first-order valence-corrected chi connectivity index (χ1v) is 7.34. The number of nitrogens with one attached hydrogen (secondary N) is 1. The normalized spacial score (nSPS) is 12.5. The van der Waals surface area contributed by atoms with Crippen LogP contribution in [0.25, 0.3) is 0 Å². The fraction of sp³-hybridized carbons (Fsp3) is 0.545. The first-order valence-electron chi connectivity index (χ1n) is 5.16. The van der Waals surface area contributed by atoms with Gasteiger partial charge in [-0.05, 0) is 47.2 Å². The number of hydrogen-bond donors (Lipinski definition) is 2. The van der Waals surface area contributed by atoms with Crippen molar-refractivity contribution >= 4 is 33.5 Å². The number of nitrogens with zero attached hydrogens (tertiary/aromatic N) is 1. The standard InChI is InChI=1S/C11H17BrN2OS/c1-8-5-9(12)6-13-11(8)14-10(3-4-15)7-16-2/h5-6,10,15H,3-4,7H2,1-2H3,(H,13,14)/t10-/m0/s1. The number of aliphatic hydroxyl groups excluding tert-OH is 1. The van der Waals surface area contributed by atoms with Gasteiger partial charge < -0.3 is 10.4 Å². The van der Waals surface area contributed by atoms with Gasteiger partial charge in [-0.15, -0.1) is 0 Å². The van der Waals surface area contributed by atoms with Gasteiger partial charge in [0, 0.05) is 29.1 Å². The van der Waals surface area contributed by atoms with Gasteiger partial charge in [0.2, 0.25) is 0 Å². The fourth-order valence-electron chi connectivity index (χ4n) is 1.44. The Morgan fingerprint density at radius 2 is 2.38 bits per heavy atom. The summed E-state index contributed by atoms with van der Waals surface area (Å²) in [6, 6.07) is 2.30. The Balaban J connectivity index is 2.68. The topological polar surface area (TPSA) is 45.1 Å². The smallest absolute Gasteiger partial charge is 0.129 e. The predicted octanol–water partition coefficient (Wildman–Crippen LogP) is 2.68. The molecule has 1 rings (SSSR count). The number of rotatable bonds is 6. The Bertz CT molecular complexity index is 330. The summed E-state index contributed by atoms with van der Waals surface area (Å²) in [6.45, 7) is 2.23. The van der Waals surface area contributed by atoms with E-state index in [0.717, 1.165) is 28.0 Å². The zero-order valence-corrected chi connectivity index (χ0v) is 11.9. The fourth-order valence-corrected chi connectivity index (χ4v) is 2.54. The Morgan fingerprint density at radius 3 is 2.94 bits per heavy atom. The molecule has 3 nitrogen and oxygen atoms in total. The molecule has 0 saturated carbocycles. The molecule has 0 aromatic carbocycles. The van der Waals surface area contributed by atoms with E-state index < -0.39 is 0 Å². The summed E-state index contributed by atoms with van der Waals surface area (Å²) >= 11 is 5.16. The quantitative estimate of drug-likeness (QED) is 0.848. The monoisotopic (exact) mass is 304 g/mol. The van der Waals surface area contributed by atoms with E-state index in [1.54, 1.807) is 18.0 Å². The molecule has 0 amide bonds. The van der Waals surface area contributed by atoms with Gasteiger partial charge in [-0.25, -0.2) is 4.98 Å². The van der Waals surface area contributed by atoms with Crippen LogP contribution in [0.15, 0.2) is 16.7 Å². The summed E-state index contributed by atoms with van der Waals surface area (Å²) in [7, 11) is 0. The molecule has 1 aromatic heterocycles. The van der Waals surface area contributed by atoms with Gasteiger partial charge in [-0.2, -0.15) is 11.8 Å². The first-order chi connectivity index (χ1) is 7.67.